The first-order valence-electron chi connectivity index (χ1n) is 4.13. The van der Waals surface area contributed by atoms with E-state index < -0.39 is 11.4 Å². The van der Waals surface area contributed by atoms with Crippen LogP contribution in [0.2, 0.25) is 0 Å². The van der Waals surface area contributed by atoms with E-state index in [2.05, 4.69) is 5.32 Å². The van der Waals surface area contributed by atoms with Gasteiger partial charge in [0.2, 0.25) is 0 Å². The van der Waals surface area contributed by atoms with Crippen LogP contribution in [0, 0.1) is 0 Å². The Kier molecular flexibility index (Phi) is 6.36. The minimum Gasteiger partial charge on any atom is -0.370 e. The van der Waals surface area contributed by atoms with E-state index in [0.717, 1.165) is 0 Å². The normalized spacial score (nSPS) is 19.4. The highest BCUT2D eigenvalue weighted by Crippen LogP contribution is 2.18. The molecule has 0 saturated carbocycles. The highest BCUT2D eigenvalue weighted by molar-refractivity contribution is 6.37. The molecule has 0 aromatic heterocycles. The molecule has 1 heterocycles. The maximum absolute atomic E-state index is 10.9. The van der Waals surface area contributed by atoms with Crippen molar-refractivity contribution >= 4 is 29.1 Å². The Bertz CT molecular complexity index is 263. The molecule has 1 aliphatic rings. The molecule has 0 spiro atoms. The van der Waals surface area contributed by atoms with Gasteiger partial charge in [-0.15, -0.1) is 0 Å². The van der Waals surface area contributed by atoms with Crippen molar-refractivity contribution in [3.05, 3.63) is 22.9 Å². The average molecular weight is 238 g/mol. The molecule has 0 aliphatic carbocycles. The SMILES string of the molecule is CC.NNC(=O)C1=CNC(Cl)C(Cl)=C1. The summed E-state index contributed by atoms with van der Waals surface area (Å²) in [6.07, 6.45) is 2.91. The summed E-state index contributed by atoms with van der Waals surface area (Å²) in [6, 6.07) is 0. The van der Waals surface area contributed by atoms with Gasteiger partial charge in [0.1, 0.15) is 5.50 Å². The third-order valence-electron chi connectivity index (χ3n) is 1.31. The zero-order valence-electron chi connectivity index (χ0n) is 7.97. The molecule has 0 aromatic carbocycles. The minimum atomic E-state index is -0.471. The smallest absolute Gasteiger partial charge is 0.266 e. The molecular formula is C8H13Cl2N3O. The number of nitrogens with two attached hydrogens (primary N) is 1. The fraction of sp³-hybridized carbons (Fsp3) is 0.375. The predicted octanol–water partition coefficient (Wildman–Crippen LogP) is 1.18. The number of dihydropyridines is 1. The van der Waals surface area contributed by atoms with Crippen molar-refractivity contribution < 1.29 is 4.79 Å². The Morgan fingerprint density at radius 1 is 1.64 bits per heavy atom. The fourth-order valence-corrected chi connectivity index (χ4v) is 1.03. The van der Waals surface area contributed by atoms with Crippen molar-refractivity contribution in [3.63, 3.8) is 0 Å². The lowest BCUT2D eigenvalue weighted by Crippen LogP contribution is -2.33. The van der Waals surface area contributed by atoms with Crippen LogP contribution in [0.1, 0.15) is 13.8 Å². The van der Waals surface area contributed by atoms with Crippen LogP contribution in [0.5, 0.6) is 0 Å². The number of hydrogen-bond donors (Lipinski definition) is 3. The summed E-state index contributed by atoms with van der Waals surface area (Å²) in [7, 11) is 0. The first-order valence-corrected chi connectivity index (χ1v) is 4.95. The summed E-state index contributed by atoms with van der Waals surface area (Å²) in [5.74, 6) is 4.50. The van der Waals surface area contributed by atoms with Crippen LogP contribution in [0.4, 0.5) is 0 Å². The topological polar surface area (TPSA) is 67.1 Å². The summed E-state index contributed by atoms with van der Waals surface area (Å²) < 4.78 is 0. The van der Waals surface area contributed by atoms with Crippen LogP contribution in [-0.4, -0.2) is 11.4 Å². The zero-order valence-corrected chi connectivity index (χ0v) is 9.49. The number of carbonyl (C=O) groups excluding carboxylic acids is 1. The molecule has 1 unspecified atom stereocenters. The van der Waals surface area contributed by atoms with E-state index in [9.17, 15) is 4.79 Å². The number of rotatable bonds is 1. The Labute approximate surface area is 93.1 Å². The summed E-state index contributed by atoms with van der Waals surface area (Å²) in [6.45, 7) is 4.00. The number of hydrazine groups is 1. The van der Waals surface area contributed by atoms with Crippen molar-refractivity contribution in [3.8, 4) is 0 Å². The van der Waals surface area contributed by atoms with Gasteiger partial charge in [0.15, 0.2) is 0 Å². The molecule has 1 atom stereocenters. The molecule has 14 heavy (non-hydrogen) atoms. The Hall–Kier alpha value is -0.710. The van der Waals surface area contributed by atoms with E-state index >= 15 is 0 Å². The highest BCUT2D eigenvalue weighted by Gasteiger charge is 2.15. The number of alkyl halides is 1. The molecule has 1 rings (SSSR count). The zero-order chi connectivity index (χ0) is 11.1. The van der Waals surface area contributed by atoms with Crippen LogP contribution in [0.3, 0.4) is 0 Å². The van der Waals surface area contributed by atoms with Crippen LogP contribution in [0.25, 0.3) is 0 Å². The molecule has 1 aliphatic heterocycles. The fourth-order valence-electron chi connectivity index (χ4n) is 0.720. The van der Waals surface area contributed by atoms with Gasteiger partial charge in [0.05, 0.1) is 10.6 Å². The van der Waals surface area contributed by atoms with Gasteiger partial charge >= 0.3 is 0 Å². The van der Waals surface area contributed by atoms with Gasteiger partial charge in [-0.25, -0.2) is 5.84 Å². The summed E-state index contributed by atoms with van der Waals surface area (Å²) in [4.78, 5) is 10.9. The van der Waals surface area contributed by atoms with Gasteiger partial charge in [-0.05, 0) is 6.08 Å². The molecule has 80 valence electrons. The van der Waals surface area contributed by atoms with E-state index in [4.69, 9.17) is 29.0 Å². The number of halogens is 2. The van der Waals surface area contributed by atoms with Gasteiger partial charge < -0.3 is 5.32 Å². The maximum Gasteiger partial charge on any atom is 0.266 e. The molecule has 4 N–H and O–H groups in total. The van der Waals surface area contributed by atoms with E-state index in [1.54, 1.807) is 0 Å². The summed E-state index contributed by atoms with van der Waals surface area (Å²) in [5, 5.41) is 3.04. The number of hydrogen-bond acceptors (Lipinski definition) is 3. The maximum atomic E-state index is 10.9. The Balaban J connectivity index is 0.000000791. The van der Waals surface area contributed by atoms with Crippen molar-refractivity contribution in [2.45, 2.75) is 19.3 Å². The van der Waals surface area contributed by atoms with Gasteiger partial charge in [0.25, 0.3) is 5.91 Å². The third-order valence-corrected chi connectivity index (χ3v) is 2.11. The standard InChI is InChI=1S/C6H7Cl2N3O.C2H6/c7-4-1-3(6(12)11-9)2-10-5(4)8;1-2/h1-2,5,10H,9H2,(H,11,12);1-2H3. The second kappa shape index (κ2) is 6.70. The monoisotopic (exact) mass is 237 g/mol. The molecular weight excluding hydrogens is 225 g/mol. The Morgan fingerprint density at radius 2 is 2.21 bits per heavy atom. The molecule has 6 heteroatoms. The Morgan fingerprint density at radius 3 is 2.64 bits per heavy atom. The van der Waals surface area contributed by atoms with Gasteiger partial charge in [0, 0.05) is 6.20 Å². The molecule has 0 bridgehead atoms. The molecule has 0 radical (unpaired) electrons. The van der Waals surface area contributed by atoms with Crippen LogP contribution in [-0.2, 0) is 4.79 Å². The van der Waals surface area contributed by atoms with Crippen molar-refractivity contribution in [2.24, 2.45) is 5.84 Å². The van der Waals surface area contributed by atoms with E-state index in [1.165, 1.54) is 12.3 Å². The first kappa shape index (κ1) is 13.3. The molecule has 0 aromatic rings. The lowest BCUT2D eigenvalue weighted by Gasteiger charge is -2.15. The highest BCUT2D eigenvalue weighted by atomic mass is 35.5. The first-order chi connectivity index (χ1) is 6.65. The third kappa shape index (κ3) is 3.57. The van der Waals surface area contributed by atoms with Crippen LogP contribution in [0.15, 0.2) is 22.9 Å². The van der Waals surface area contributed by atoms with E-state index in [1.807, 2.05) is 19.3 Å². The van der Waals surface area contributed by atoms with E-state index in [0.29, 0.717) is 10.6 Å². The van der Waals surface area contributed by atoms with Crippen molar-refractivity contribution in [1.82, 2.24) is 10.7 Å². The summed E-state index contributed by atoms with van der Waals surface area (Å²) in [5.41, 5.74) is 1.85. The number of carbonyl (C=O) groups is 1. The van der Waals surface area contributed by atoms with Crippen LogP contribution < -0.4 is 16.6 Å². The van der Waals surface area contributed by atoms with E-state index in [-0.39, 0.29) is 0 Å². The van der Waals surface area contributed by atoms with Crippen molar-refractivity contribution in [2.75, 3.05) is 0 Å². The predicted molar refractivity (Wildman–Crippen MR) is 58.5 cm³/mol. The van der Waals surface area contributed by atoms with Gasteiger partial charge in [-0.2, -0.15) is 0 Å². The number of amides is 1. The summed E-state index contributed by atoms with van der Waals surface area (Å²) >= 11 is 11.3. The lowest BCUT2D eigenvalue weighted by atomic mass is 10.2. The molecule has 4 nitrogen and oxygen atoms in total. The molecule has 1 amide bonds. The van der Waals surface area contributed by atoms with Gasteiger partial charge in [-0.1, -0.05) is 37.0 Å². The average Bonchev–Trinajstić information content (AvgIpc) is 2.24. The lowest BCUT2D eigenvalue weighted by molar-refractivity contribution is -0.117. The second-order valence-corrected chi connectivity index (χ2v) is 3.00. The second-order valence-electron chi connectivity index (χ2n) is 2.13. The van der Waals surface area contributed by atoms with Crippen LogP contribution >= 0.6 is 23.2 Å². The minimum absolute atomic E-state index is 0.347. The van der Waals surface area contributed by atoms with Gasteiger partial charge in [-0.3, -0.25) is 10.2 Å². The quantitative estimate of drug-likeness (QED) is 0.211. The number of nitrogens with one attached hydrogen (secondary N) is 2. The van der Waals surface area contributed by atoms with Crippen molar-refractivity contribution in [1.29, 1.82) is 0 Å². The largest absolute Gasteiger partial charge is 0.370 e. The molecule has 0 fully saturated rings. The molecule has 0 saturated heterocycles.